The Labute approximate surface area is 119 Å². The minimum Gasteiger partial charge on any atom is -0.326 e. The summed E-state index contributed by atoms with van der Waals surface area (Å²) in [7, 11) is 0. The molecule has 0 bridgehead atoms. The summed E-state index contributed by atoms with van der Waals surface area (Å²) in [4.78, 5) is 25.1. The number of hydrogen-bond donors (Lipinski definition) is 2. The molecule has 0 unspecified atom stereocenters. The molecule has 3 amide bonds. The van der Waals surface area contributed by atoms with Crippen LogP contribution in [0.4, 0.5) is 16.2 Å². The predicted octanol–water partition coefficient (Wildman–Crippen LogP) is 3.05. The van der Waals surface area contributed by atoms with Crippen molar-refractivity contribution in [1.29, 1.82) is 0 Å². The number of benzene rings is 1. The summed E-state index contributed by atoms with van der Waals surface area (Å²) in [5, 5.41) is 5.65. The highest BCUT2D eigenvalue weighted by atomic mass is 16.2. The van der Waals surface area contributed by atoms with Crippen LogP contribution in [0.25, 0.3) is 0 Å². The second-order valence-electron chi connectivity index (χ2n) is 4.96. The average Bonchev–Trinajstić information content (AvgIpc) is 2.50. The van der Waals surface area contributed by atoms with Crippen LogP contribution in [0.5, 0.6) is 0 Å². The van der Waals surface area contributed by atoms with Crippen LogP contribution in [0, 0.1) is 0 Å². The van der Waals surface area contributed by atoms with Gasteiger partial charge in [0.1, 0.15) is 0 Å². The van der Waals surface area contributed by atoms with Crippen LogP contribution in [0.15, 0.2) is 24.3 Å². The van der Waals surface area contributed by atoms with Gasteiger partial charge in [0.25, 0.3) is 0 Å². The van der Waals surface area contributed by atoms with Gasteiger partial charge in [0.15, 0.2) is 0 Å². The zero-order chi connectivity index (χ0) is 14.4. The molecule has 20 heavy (non-hydrogen) atoms. The number of carbonyl (C=O) groups excluding carboxylic acids is 2. The van der Waals surface area contributed by atoms with Gasteiger partial charge in [-0.2, -0.15) is 0 Å². The maximum absolute atomic E-state index is 12.0. The molecule has 0 atom stereocenters. The maximum atomic E-state index is 12.0. The highest BCUT2D eigenvalue weighted by molar-refractivity contribution is 5.92. The monoisotopic (exact) mass is 275 g/mol. The summed E-state index contributed by atoms with van der Waals surface area (Å²) in [5.74, 6) is -0.0184. The van der Waals surface area contributed by atoms with Gasteiger partial charge >= 0.3 is 6.03 Å². The van der Waals surface area contributed by atoms with Crippen molar-refractivity contribution in [1.82, 2.24) is 4.90 Å². The van der Waals surface area contributed by atoms with E-state index in [1.165, 1.54) is 6.42 Å². The topological polar surface area (TPSA) is 61.4 Å². The first-order valence-electron chi connectivity index (χ1n) is 7.15. The second kappa shape index (κ2) is 6.93. The zero-order valence-corrected chi connectivity index (χ0v) is 11.8. The summed E-state index contributed by atoms with van der Waals surface area (Å²) in [5.41, 5.74) is 1.49. The molecule has 2 rings (SSSR count). The van der Waals surface area contributed by atoms with Crippen molar-refractivity contribution in [2.75, 3.05) is 23.7 Å². The lowest BCUT2D eigenvalue weighted by Crippen LogP contribution is -2.38. The quantitative estimate of drug-likeness (QED) is 0.890. The summed E-state index contributed by atoms with van der Waals surface area (Å²) in [6.45, 7) is 3.47. The molecule has 0 saturated carbocycles. The van der Waals surface area contributed by atoms with Crippen molar-refractivity contribution in [2.24, 2.45) is 0 Å². The Balaban J connectivity index is 1.89. The molecular formula is C15H21N3O2. The summed E-state index contributed by atoms with van der Waals surface area (Å²) >= 11 is 0. The van der Waals surface area contributed by atoms with Crippen molar-refractivity contribution in [3.8, 4) is 0 Å². The molecular weight excluding hydrogens is 254 g/mol. The van der Waals surface area contributed by atoms with Crippen molar-refractivity contribution in [3.05, 3.63) is 24.3 Å². The van der Waals surface area contributed by atoms with Crippen molar-refractivity contribution >= 4 is 23.3 Å². The lowest BCUT2D eigenvalue weighted by molar-refractivity contribution is -0.115. The van der Waals surface area contributed by atoms with Gasteiger partial charge in [-0.3, -0.25) is 4.79 Å². The molecule has 1 aliphatic heterocycles. The fourth-order valence-electron chi connectivity index (χ4n) is 2.19. The second-order valence-corrected chi connectivity index (χ2v) is 4.96. The lowest BCUT2D eigenvalue weighted by atomic mass is 10.1. The van der Waals surface area contributed by atoms with E-state index < -0.39 is 0 Å². The third-order valence-corrected chi connectivity index (χ3v) is 3.38. The van der Waals surface area contributed by atoms with Crippen LogP contribution < -0.4 is 10.6 Å². The smallest absolute Gasteiger partial charge is 0.321 e. The van der Waals surface area contributed by atoms with Crippen molar-refractivity contribution in [3.63, 3.8) is 0 Å². The number of amides is 3. The molecule has 1 aromatic rings. The Bertz CT molecular complexity index is 465. The Morgan fingerprint density at radius 2 is 1.55 bits per heavy atom. The number of rotatable bonds is 3. The van der Waals surface area contributed by atoms with E-state index in [1.54, 1.807) is 24.3 Å². The Kier molecular flexibility index (Phi) is 4.98. The number of urea groups is 1. The molecule has 1 heterocycles. The van der Waals surface area contributed by atoms with Crippen molar-refractivity contribution < 1.29 is 9.59 Å². The molecule has 0 spiro atoms. The van der Waals surface area contributed by atoms with E-state index in [0.29, 0.717) is 6.42 Å². The van der Waals surface area contributed by atoms with Gasteiger partial charge in [-0.15, -0.1) is 0 Å². The van der Waals surface area contributed by atoms with Crippen LogP contribution in [-0.4, -0.2) is 29.9 Å². The molecule has 108 valence electrons. The minimum atomic E-state index is -0.0463. The van der Waals surface area contributed by atoms with Gasteiger partial charge in [-0.05, 0) is 43.5 Å². The van der Waals surface area contributed by atoms with Gasteiger partial charge in [-0.1, -0.05) is 6.92 Å². The van der Waals surface area contributed by atoms with Crippen LogP contribution in [0.3, 0.4) is 0 Å². The Morgan fingerprint density at radius 1 is 1.00 bits per heavy atom. The van der Waals surface area contributed by atoms with Crippen LogP contribution in [0.2, 0.25) is 0 Å². The largest absolute Gasteiger partial charge is 0.326 e. The van der Waals surface area contributed by atoms with E-state index >= 15 is 0 Å². The fraction of sp³-hybridized carbons (Fsp3) is 0.467. The number of nitrogens with one attached hydrogen (secondary N) is 2. The first-order valence-corrected chi connectivity index (χ1v) is 7.15. The van der Waals surface area contributed by atoms with E-state index in [9.17, 15) is 9.59 Å². The number of carbonyl (C=O) groups is 2. The van der Waals surface area contributed by atoms with Crippen LogP contribution in [0.1, 0.15) is 32.6 Å². The average molecular weight is 275 g/mol. The molecule has 1 saturated heterocycles. The molecule has 1 aromatic carbocycles. The minimum absolute atomic E-state index is 0.0184. The van der Waals surface area contributed by atoms with E-state index in [4.69, 9.17) is 0 Å². The van der Waals surface area contributed by atoms with Crippen molar-refractivity contribution in [2.45, 2.75) is 32.6 Å². The molecule has 5 nitrogen and oxygen atoms in total. The van der Waals surface area contributed by atoms with Crippen LogP contribution >= 0.6 is 0 Å². The molecule has 0 radical (unpaired) electrons. The summed E-state index contributed by atoms with van der Waals surface area (Å²) in [6, 6.07) is 7.13. The van der Waals surface area contributed by atoms with E-state index in [-0.39, 0.29) is 11.9 Å². The van der Waals surface area contributed by atoms with Gasteiger partial charge < -0.3 is 15.5 Å². The number of anilines is 2. The highest BCUT2D eigenvalue weighted by Gasteiger charge is 2.16. The Morgan fingerprint density at radius 3 is 2.10 bits per heavy atom. The van der Waals surface area contributed by atoms with E-state index in [0.717, 1.165) is 37.3 Å². The van der Waals surface area contributed by atoms with Gasteiger partial charge in [0.05, 0.1) is 0 Å². The maximum Gasteiger partial charge on any atom is 0.321 e. The van der Waals surface area contributed by atoms with E-state index in [2.05, 4.69) is 10.6 Å². The lowest BCUT2D eigenvalue weighted by Gasteiger charge is -2.26. The standard InChI is InChI=1S/C15H21N3O2/c1-2-14(19)16-12-6-8-13(9-7-12)17-15(20)18-10-4-3-5-11-18/h6-9H,2-5,10-11H2,1H3,(H,16,19)(H,17,20). The third-order valence-electron chi connectivity index (χ3n) is 3.38. The number of nitrogens with zero attached hydrogens (tertiary/aromatic N) is 1. The summed E-state index contributed by atoms with van der Waals surface area (Å²) in [6.07, 6.45) is 3.81. The molecule has 2 N–H and O–H groups in total. The molecule has 0 aliphatic carbocycles. The van der Waals surface area contributed by atoms with Gasteiger partial charge in [-0.25, -0.2) is 4.79 Å². The van der Waals surface area contributed by atoms with Crippen LogP contribution in [-0.2, 0) is 4.79 Å². The molecule has 1 aliphatic rings. The highest BCUT2D eigenvalue weighted by Crippen LogP contribution is 2.16. The molecule has 1 fully saturated rings. The molecule has 5 heteroatoms. The van der Waals surface area contributed by atoms with Gasteiger partial charge in [0.2, 0.25) is 5.91 Å². The molecule has 0 aromatic heterocycles. The SMILES string of the molecule is CCC(=O)Nc1ccc(NC(=O)N2CCCCC2)cc1. The van der Waals surface area contributed by atoms with Gasteiger partial charge in [0, 0.05) is 30.9 Å². The number of hydrogen-bond acceptors (Lipinski definition) is 2. The Hall–Kier alpha value is -2.04. The summed E-state index contributed by atoms with van der Waals surface area (Å²) < 4.78 is 0. The number of likely N-dealkylation sites (tertiary alicyclic amines) is 1. The fourth-order valence-corrected chi connectivity index (χ4v) is 2.19. The number of piperidine rings is 1. The van der Waals surface area contributed by atoms with E-state index in [1.807, 2.05) is 11.8 Å². The first-order chi connectivity index (χ1) is 9.69. The first kappa shape index (κ1) is 14.4. The normalized spacial score (nSPS) is 14.8. The predicted molar refractivity (Wildman–Crippen MR) is 79.8 cm³/mol. The third kappa shape index (κ3) is 3.98. The zero-order valence-electron chi connectivity index (χ0n) is 11.8.